The van der Waals surface area contributed by atoms with Gasteiger partial charge in [0.05, 0.1) is 19.7 Å². The Morgan fingerprint density at radius 1 is 1.24 bits per heavy atom. The highest BCUT2D eigenvalue weighted by atomic mass is 16.5. The molecule has 1 aromatic carbocycles. The minimum Gasteiger partial charge on any atom is -0.383 e. The van der Waals surface area contributed by atoms with Crippen LogP contribution in [0.15, 0.2) is 24.3 Å². The van der Waals surface area contributed by atoms with Crippen molar-refractivity contribution in [2.24, 2.45) is 0 Å². The predicted octanol–water partition coefficient (Wildman–Crippen LogP) is 3.80. The molecule has 0 heterocycles. The first-order valence-electron chi connectivity index (χ1n) is 7.70. The molecule has 0 unspecified atom stereocenters. The van der Waals surface area contributed by atoms with E-state index in [1.165, 1.54) is 11.1 Å². The van der Waals surface area contributed by atoms with Crippen molar-refractivity contribution in [3.63, 3.8) is 0 Å². The van der Waals surface area contributed by atoms with Crippen molar-refractivity contribution < 1.29 is 9.54 Å². The number of hydrazine groups is 1. The lowest BCUT2D eigenvalue weighted by molar-refractivity contribution is -0.773. The summed E-state index contributed by atoms with van der Waals surface area (Å²) in [6, 6.07) is 8.55. The molecule has 0 aliphatic carbocycles. The molecule has 0 radical (unpaired) electrons. The minimum absolute atomic E-state index is 0.141. The zero-order valence-corrected chi connectivity index (χ0v) is 14.1. The monoisotopic (exact) mass is 292 g/mol. The van der Waals surface area contributed by atoms with E-state index in [9.17, 15) is 0 Å². The fraction of sp³-hybridized carbons (Fsp3) is 0.647. The van der Waals surface area contributed by atoms with Crippen LogP contribution in [0.3, 0.4) is 0 Å². The summed E-state index contributed by atoms with van der Waals surface area (Å²) in [6.45, 7) is 11.7. The van der Waals surface area contributed by atoms with E-state index in [-0.39, 0.29) is 5.41 Å². The van der Waals surface area contributed by atoms with Gasteiger partial charge in [-0.2, -0.15) is 5.01 Å². The molecule has 0 fully saturated rings. The summed E-state index contributed by atoms with van der Waals surface area (Å²) in [6.07, 6.45) is 1.03. The van der Waals surface area contributed by atoms with Gasteiger partial charge in [-0.1, -0.05) is 45.9 Å². The highest BCUT2D eigenvalue weighted by molar-refractivity contribution is 5.28. The summed E-state index contributed by atoms with van der Waals surface area (Å²) in [5.41, 5.74) is 10.9. The molecule has 0 spiro atoms. The number of nitrogens with zero attached hydrogens (tertiary/aromatic N) is 2. The Bertz CT molecular complexity index is 452. The molecule has 1 N–H and O–H groups in total. The van der Waals surface area contributed by atoms with Gasteiger partial charge in [0.15, 0.2) is 0 Å². The summed E-state index contributed by atoms with van der Waals surface area (Å²) in [7, 11) is 1.70. The summed E-state index contributed by atoms with van der Waals surface area (Å²) in [5.74, 6) is 0. The molecule has 0 aliphatic heterocycles. The van der Waals surface area contributed by atoms with Gasteiger partial charge in [-0.15, -0.1) is 0 Å². The number of ether oxygens (including phenoxy) is 1. The highest BCUT2D eigenvalue weighted by Crippen LogP contribution is 2.23. The molecule has 0 bridgehead atoms. The zero-order valence-electron chi connectivity index (χ0n) is 14.1. The van der Waals surface area contributed by atoms with Crippen molar-refractivity contribution >= 4 is 0 Å². The van der Waals surface area contributed by atoms with E-state index in [0.29, 0.717) is 13.2 Å². The Morgan fingerprint density at radius 2 is 1.95 bits per heavy atom. The number of benzene rings is 1. The molecular weight excluding hydrogens is 262 g/mol. The van der Waals surface area contributed by atoms with Gasteiger partial charge in [0.2, 0.25) is 6.54 Å². The van der Waals surface area contributed by atoms with Crippen LogP contribution < -0.4 is 0 Å². The van der Waals surface area contributed by atoms with Gasteiger partial charge in [0.25, 0.3) is 0 Å². The quantitative estimate of drug-likeness (QED) is 0.450. The number of nitrogens with one attached hydrogen (secondary N) is 1. The largest absolute Gasteiger partial charge is 0.383 e. The van der Waals surface area contributed by atoms with Gasteiger partial charge in [0, 0.05) is 12.7 Å². The second kappa shape index (κ2) is 8.13. The van der Waals surface area contributed by atoms with Crippen LogP contribution in [0.1, 0.15) is 45.2 Å². The zero-order chi connectivity index (χ0) is 15.9. The minimum atomic E-state index is 0.141. The molecule has 118 valence electrons. The highest BCUT2D eigenvalue weighted by Gasteiger charge is 2.18. The van der Waals surface area contributed by atoms with Gasteiger partial charge >= 0.3 is 0 Å². The number of methoxy groups -OCH3 is 1. The SMILES string of the molecule is CCCN(CCOC)[N+](=N)Cc1cccc(C(C)(C)C)c1. The standard InChI is InChI=1S/C17H30N3O/c1-6-10-19(11-12-21-5)20(18)14-15-8-7-9-16(13-15)17(2,3)4/h7-9,13,18H,6,10-12,14H2,1-5H3/q+1. The van der Waals surface area contributed by atoms with Gasteiger partial charge in [-0.05, 0) is 33.8 Å². The van der Waals surface area contributed by atoms with Crippen LogP contribution in [0.4, 0.5) is 0 Å². The third-order valence-electron chi connectivity index (χ3n) is 3.50. The average molecular weight is 292 g/mol. The maximum Gasteiger partial charge on any atom is 0.224 e. The van der Waals surface area contributed by atoms with Crippen LogP contribution in [0.25, 0.3) is 0 Å². The number of rotatable bonds is 8. The van der Waals surface area contributed by atoms with Crippen molar-refractivity contribution in [3.05, 3.63) is 35.4 Å². The second-order valence-corrected chi connectivity index (χ2v) is 6.45. The average Bonchev–Trinajstić information content (AvgIpc) is 2.42. The van der Waals surface area contributed by atoms with Crippen molar-refractivity contribution in [2.45, 2.75) is 46.1 Å². The van der Waals surface area contributed by atoms with Crippen molar-refractivity contribution in [1.29, 1.82) is 5.53 Å². The third-order valence-corrected chi connectivity index (χ3v) is 3.50. The summed E-state index contributed by atoms with van der Waals surface area (Å²) >= 11 is 0. The smallest absolute Gasteiger partial charge is 0.224 e. The van der Waals surface area contributed by atoms with E-state index in [4.69, 9.17) is 10.3 Å². The van der Waals surface area contributed by atoms with Crippen LogP contribution in [-0.2, 0) is 16.7 Å². The molecule has 0 amide bonds. The van der Waals surface area contributed by atoms with Crippen molar-refractivity contribution in [2.75, 3.05) is 26.8 Å². The maximum atomic E-state index is 8.28. The van der Waals surface area contributed by atoms with E-state index in [1.54, 1.807) is 11.9 Å². The van der Waals surface area contributed by atoms with E-state index >= 15 is 0 Å². The predicted molar refractivity (Wildman–Crippen MR) is 85.6 cm³/mol. The van der Waals surface area contributed by atoms with Crippen LogP contribution in [0, 0.1) is 5.53 Å². The number of hydrogen-bond acceptors (Lipinski definition) is 2. The van der Waals surface area contributed by atoms with Crippen molar-refractivity contribution in [3.8, 4) is 0 Å². The van der Waals surface area contributed by atoms with E-state index < -0.39 is 0 Å². The second-order valence-electron chi connectivity index (χ2n) is 6.45. The molecular formula is C17H30N3O+. The molecule has 1 aromatic rings. The Balaban J connectivity index is 2.76. The van der Waals surface area contributed by atoms with Gasteiger partial charge in [-0.3, -0.25) is 0 Å². The first-order chi connectivity index (χ1) is 9.88. The van der Waals surface area contributed by atoms with Crippen LogP contribution in [0.5, 0.6) is 0 Å². The lowest BCUT2D eigenvalue weighted by Crippen LogP contribution is -2.36. The third kappa shape index (κ3) is 5.84. The first-order valence-corrected chi connectivity index (χ1v) is 7.70. The van der Waals surface area contributed by atoms with Crippen molar-refractivity contribution in [1.82, 2.24) is 5.01 Å². The van der Waals surface area contributed by atoms with Crippen LogP contribution in [0.2, 0.25) is 0 Å². The van der Waals surface area contributed by atoms with Gasteiger partial charge < -0.3 is 4.74 Å². The van der Waals surface area contributed by atoms with Gasteiger partial charge in [-0.25, -0.2) is 0 Å². The Kier molecular flexibility index (Phi) is 6.82. The molecule has 0 atom stereocenters. The normalized spacial score (nSPS) is 11.5. The molecule has 0 saturated carbocycles. The fourth-order valence-corrected chi connectivity index (χ4v) is 2.22. The lowest BCUT2D eigenvalue weighted by Gasteiger charge is -2.20. The van der Waals surface area contributed by atoms with Gasteiger partial charge in [0.1, 0.15) is 0 Å². The topological polar surface area (TPSA) is 39.3 Å². The molecule has 0 aromatic heterocycles. The number of hydrogen-bond donors (Lipinski definition) is 1. The molecule has 0 saturated heterocycles. The molecule has 1 rings (SSSR count). The van der Waals surface area contributed by atoms with Crippen LogP contribution >= 0.6 is 0 Å². The molecule has 4 nitrogen and oxygen atoms in total. The van der Waals surface area contributed by atoms with E-state index in [2.05, 4.69) is 52.0 Å². The fourth-order valence-electron chi connectivity index (χ4n) is 2.22. The Labute approximate surface area is 129 Å². The summed E-state index contributed by atoms with van der Waals surface area (Å²) in [4.78, 5) is 1.56. The van der Waals surface area contributed by atoms with Crippen LogP contribution in [-0.4, -0.2) is 36.6 Å². The lowest BCUT2D eigenvalue weighted by atomic mass is 9.86. The van der Waals surface area contributed by atoms with E-state index in [1.807, 2.05) is 5.01 Å². The Morgan fingerprint density at radius 3 is 2.52 bits per heavy atom. The molecule has 0 aliphatic rings. The Hall–Kier alpha value is -1.42. The van der Waals surface area contributed by atoms with E-state index in [0.717, 1.165) is 19.5 Å². The summed E-state index contributed by atoms with van der Waals surface area (Å²) in [5, 5.41) is 2.03. The summed E-state index contributed by atoms with van der Waals surface area (Å²) < 4.78 is 5.13. The molecule has 4 heteroatoms. The molecule has 21 heavy (non-hydrogen) atoms. The first kappa shape index (κ1) is 17.6. The maximum absolute atomic E-state index is 8.28.